The van der Waals surface area contributed by atoms with Crippen LogP contribution in [0.3, 0.4) is 0 Å². The Bertz CT molecular complexity index is 752. The summed E-state index contributed by atoms with van der Waals surface area (Å²) in [6.45, 7) is 4.73. The van der Waals surface area contributed by atoms with Crippen LogP contribution in [-0.2, 0) is 0 Å². The number of ketones is 2. The Morgan fingerprint density at radius 1 is 1.32 bits per heavy atom. The van der Waals surface area contributed by atoms with Gasteiger partial charge in [0.25, 0.3) is 0 Å². The Hall–Kier alpha value is -1.95. The molecule has 22 heavy (non-hydrogen) atoms. The normalized spacial score (nSPS) is 10.6. The number of rotatable bonds is 5. The first-order valence-electron chi connectivity index (χ1n) is 6.62. The van der Waals surface area contributed by atoms with E-state index in [0.717, 1.165) is 0 Å². The maximum absolute atomic E-state index is 13.0. The van der Waals surface area contributed by atoms with E-state index in [-0.39, 0.29) is 18.2 Å². The molecule has 1 aromatic heterocycles. The van der Waals surface area contributed by atoms with Gasteiger partial charge in [-0.2, -0.15) is 0 Å². The highest BCUT2D eigenvalue weighted by atomic mass is 79.9. The van der Waals surface area contributed by atoms with E-state index in [1.165, 1.54) is 25.1 Å². The zero-order chi connectivity index (χ0) is 16.4. The number of ether oxygens (including phenoxy) is 1. The Balaban J connectivity index is 2.16. The summed E-state index contributed by atoms with van der Waals surface area (Å²) < 4.78 is 18.8. The topological polar surface area (TPSA) is 59.2 Å². The molecule has 0 spiro atoms. The average molecular weight is 368 g/mol. The first-order chi connectivity index (χ1) is 10.3. The van der Waals surface area contributed by atoms with Gasteiger partial charge in [0.1, 0.15) is 11.6 Å². The van der Waals surface area contributed by atoms with E-state index >= 15 is 0 Å². The molecule has 0 saturated carbocycles. The van der Waals surface area contributed by atoms with Gasteiger partial charge in [0, 0.05) is 11.3 Å². The van der Waals surface area contributed by atoms with Crippen LogP contribution in [0.4, 0.5) is 4.39 Å². The summed E-state index contributed by atoms with van der Waals surface area (Å²) in [6, 6.07) is 3.96. The second-order valence-corrected chi connectivity index (χ2v) is 5.82. The molecule has 0 aliphatic heterocycles. The van der Waals surface area contributed by atoms with Gasteiger partial charge in [-0.15, -0.1) is 0 Å². The molecule has 0 bridgehead atoms. The SMILES string of the molecule is CC(=O)c1c(C)[nH]c(C(=O)COc2ccc(F)cc2Br)c1C. The van der Waals surface area contributed by atoms with Gasteiger partial charge in [0.2, 0.25) is 5.78 Å². The molecule has 6 heteroatoms. The molecule has 0 amide bonds. The number of halogens is 2. The van der Waals surface area contributed by atoms with Crippen molar-refractivity contribution in [3.05, 3.63) is 51.0 Å². The molecule has 0 radical (unpaired) electrons. The molecule has 116 valence electrons. The number of hydrogen-bond acceptors (Lipinski definition) is 3. The zero-order valence-electron chi connectivity index (χ0n) is 12.4. The van der Waals surface area contributed by atoms with E-state index in [1.807, 2.05) is 0 Å². The summed E-state index contributed by atoms with van der Waals surface area (Å²) in [4.78, 5) is 26.8. The summed E-state index contributed by atoms with van der Waals surface area (Å²) >= 11 is 3.17. The van der Waals surface area contributed by atoms with Crippen LogP contribution < -0.4 is 4.74 Å². The number of hydrogen-bond donors (Lipinski definition) is 1. The minimum Gasteiger partial charge on any atom is -0.484 e. The van der Waals surface area contributed by atoms with Crippen LogP contribution in [0.25, 0.3) is 0 Å². The van der Waals surface area contributed by atoms with Crippen LogP contribution in [0.5, 0.6) is 5.75 Å². The second kappa shape index (κ2) is 6.44. The summed E-state index contributed by atoms with van der Waals surface area (Å²) in [5, 5.41) is 0. The maximum Gasteiger partial charge on any atom is 0.216 e. The highest BCUT2D eigenvalue weighted by molar-refractivity contribution is 9.10. The molecule has 0 aliphatic rings. The van der Waals surface area contributed by atoms with Gasteiger partial charge in [-0.05, 0) is 60.5 Å². The predicted molar refractivity (Wildman–Crippen MR) is 84.2 cm³/mol. The first-order valence-corrected chi connectivity index (χ1v) is 7.41. The number of benzene rings is 1. The summed E-state index contributed by atoms with van der Waals surface area (Å²) in [7, 11) is 0. The molecule has 4 nitrogen and oxygen atoms in total. The first kappa shape index (κ1) is 16.4. The zero-order valence-corrected chi connectivity index (χ0v) is 14.0. The lowest BCUT2D eigenvalue weighted by atomic mass is 10.1. The molecule has 0 saturated heterocycles. The lowest BCUT2D eigenvalue weighted by Crippen LogP contribution is -2.13. The number of Topliss-reactive ketones (excluding diaryl/α,β-unsaturated/α-hetero) is 2. The highest BCUT2D eigenvalue weighted by Gasteiger charge is 2.20. The molecule has 0 fully saturated rings. The number of carbonyl (C=O) groups excluding carboxylic acids is 2. The summed E-state index contributed by atoms with van der Waals surface area (Å²) in [5.74, 6) is -0.383. The van der Waals surface area contributed by atoms with Crippen molar-refractivity contribution < 1.29 is 18.7 Å². The number of nitrogens with one attached hydrogen (secondary N) is 1. The van der Waals surface area contributed by atoms with Gasteiger partial charge in [-0.1, -0.05) is 0 Å². The lowest BCUT2D eigenvalue weighted by molar-refractivity contribution is 0.0915. The van der Waals surface area contributed by atoms with Gasteiger partial charge < -0.3 is 9.72 Å². The van der Waals surface area contributed by atoms with E-state index in [9.17, 15) is 14.0 Å². The molecule has 1 heterocycles. The standard InChI is InChI=1S/C16H15BrFNO3/c1-8-15(10(3)20)9(2)19-16(8)13(21)7-22-14-5-4-11(18)6-12(14)17/h4-6,19H,7H2,1-3H3. The van der Waals surface area contributed by atoms with Crippen molar-refractivity contribution in [2.24, 2.45) is 0 Å². The number of H-pyrrole nitrogens is 1. The molecular formula is C16H15BrFNO3. The van der Waals surface area contributed by atoms with Crippen LogP contribution in [0.2, 0.25) is 0 Å². The Morgan fingerprint density at radius 2 is 2.00 bits per heavy atom. The van der Waals surface area contributed by atoms with Crippen LogP contribution in [0.15, 0.2) is 22.7 Å². The molecule has 0 unspecified atom stereocenters. The van der Waals surface area contributed by atoms with Gasteiger partial charge >= 0.3 is 0 Å². The molecule has 2 rings (SSSR count). The van der Waals surface area contributed by atoms with E-state index in [1.54, 1.807) is 13.8 Å². The maximum atomic E-state index is 13.0. The van der Waals surface area contributed by atoms with Crippen molar-refractivity contribution in [3.63, 3.8) is 0 Å². The van der Waals surface area contributed by atoms with E-state index in [2.05, 4.69) is 20.9 Å². The van der Waals surface area contributed by atoms with E-state index < -0.39 is 5.82 Å². The number of carbonyl (C=O) groups is 2. The van der Waals surface area contributed by atoms with E-state index in [0.29, 0.717) is 32.7 Å². The van der Waals surface area contributed by atoms with Crippen molar-refractivity contribution in [1.82, 2.24) is 4.98 Å². The largest absolute Gasteiger partial charge is 0.484 e. The third kappa shape index (κ3) is 3.27. The van der Waals surface area contributed by atoms with Crippen molar-refractivity contribution >= 4 is 27.5 Å². The van der Waals surface area contributed by atoms with Gasteiger partial charge in [-0.25, -0.2) is 4.39 Å². The smallest absolute Gasteiger partial charge is 0.216 e. The lowest BCUT2D eigenvalue weighted by Gasteiger charge is -2.07. The molecule has 0 aliphatic carbocycles. The van der Waals surface area contributed by atoms with Crippen LogP contribution in [0.1, 0.15) is 39.0 Å². The fourth-order valence-electron chi connectivity index (χ4n) is 2.36. The monoisotopic (exact) mass is 367 g/mol. The van der Waals surface area contributed by atoms with Crippen LogP contribution in [0, 0.1) is 19.7 Å². The van der Waals surface area contributed by atoms with Crippen molar-refractivity contribution in [1.29, 1.82) is 0 Å². The van der Waals surface area contributed by atoms with Gasteiger partial charge in [-0.3, -0.25) is 9.59 Å². The minimum atomic E-state index is -0.396. The van der Waals surface area contributed by atoms with Crippen molar-refractivity contribution in [2.45, 2.75) is 20.8 Å². The quantitative estimate of drug-likeness (QED) is 0.812. The fourth-order valence-corrected chi connectivity index (χ4v) is 2.83. The minimum absolute atomic E-state index is 0.0903. The van der Waals surface area contributed by atoms with Crippen molar-refractivity contribution in [3.8, 4) is 5.75 Å². The van der Waals surface area contributed by atoms with Crippen LogP contribution >= 0.6 is 15.9 Å². The van der Waals surface area contributed by atoms with Gasteiger partial charge in [0.05, 0.1) is 10.2 Å². The molecule has 1 N–H and O–H groups in total. The third-order valence-electron chi connectivity index (χ3n) is 3.32. The van der Waals surface area contributed by atoms with E-state index in [4.69, 9.17) is 4.74 Å². The molecule has 0 atom stereocenters. The summed E-state index contributed by atoms with van der Waals surface area (Å²) in [6.07, 6.45) is 0. The number of aromatic amines is 1. The predicted octanol–water partition coefficient (Wildman–Crippen LogP) is 4.00. The average Bonchev–Trinajstić information content (AvgIpc) is 2.72. The molecular weight excluding hydrogens is 353 g/mol. The number of aryl methyl sites for hydroxylation is 1. The van der Waals surface area contributed by atoms with Crippen molar-refractivity contribution in [2.75, 3.05) is 6.61 Å². The Morgan fingerprint density at radius 3 is 2.55 bits per heavy atom. The highest BCUT2D eigenvalue weighted by Crippen LogP contribution is 2.26. The summed E-state index contributed by atoms with van der Waals surface area (Å²) in [5.41, 5.74) is 2.18. The fraction of sp³-hybridized carbons (Fsp3) is 0.250. The second-order valence-electron chi connectivity index (χ2n) is 4.97. The molecule has 2 aromatic rings. The Kier molecular flexibility index (Phi) is 4.81. The molecule has 1 aromatic carbocycles. The van der Waals surface area contributed by atoms with Crippen LogP contribution in [-0.4, -0.2) is 23.2 Å². The van der Waals surface area contributed by atoms with Gasteiger partial charge in [0.15, 0.2) is 12.4 Å². The third-order valence-corrected chi connectivity index (χ3v) is 3.94. The Labute approximate surface area is 135 Å². The number of aromatic nitrogens is 1.